The van der Waals surface area contributed by atoms with Crippen molar-refractivity contribution in [3.8, 4) is 0 Å². The van der Waals surface area contributed by atoms with Gasteiger partial charge in [0.05, 0.1) is 6.04 Å². The number of carbonyl (C=O) groups excluding carboxylic acids is 1. The maximum Gasteiger partial charge on any atom is 0.239 e. The summed E-state index contributed by atoms with van der Waals surface area (Å²) in [4.78, 5) is 21.2. The van der Waals surface area contributed by atoms with Gasteiger partial charge in [-0.2, -0.15) is 4.37 Å². The standard InChI is InChI=1S/C17H23N5OS.2ClH/c1-13-19-17(24-20-13)22-9-5-8-21(10-11-22)16(23)15(18)12-14-6-3-2-4-7-14;;/h2-4,6-7,15H,5,8-12,18H2,1H3;2*1H. The Morgan fingerprint density at radius 2 is 1.92 bits per heavy atom. The molecule has 1 fully saturated rings. The van der Waals surface area contributed by atoms with E-state index in [1.165, 1.54) is 11.5 Å². The number of aryl methyl sites for hydroxylation is 1. The Balaban J connectivity index is 0.00000169. The highest BCUT2D eigenvalue weighted by atomic mass is 35.5. The van der Waals surface area contributed by atoms with Gasteiger partial charge in [-0.25, -0.2) is 4.98 Å². The zero-order valence-corrected chi connectivity index (χ0v) is 17.2. The number of rotatable bonds is 4. The first kappa shape index (κ1) is 22.6. The Bertz CT molecular complexity index is 685. The molecule has 1 amide bonds. The van der Waals surface area contributed by atoms with Gasteiger partial charge in [0.1, 0.15) is 5.82 Å². The van der Waals surface area contributed by atoms with Crippen LogP contribution in [0.3, 0.4) is 0 Å². The van der Waals surface area contributed by atoms with E-state index in [-0.39, 0.29) is 30.7 Å². The zero-order chi connectivity index (χ0) is 16.9. The van der Waals surface area contributed by atoms with Crippen LogP contribution in [-0.4, -0.2) is 52.4 Å². The molecule has 0 aliphatic carbocycles. The Hall–Kier alpha value is -1.41. The normalized spacial score (nSPS) is 15.5. The average Bonchev–Trinajstić information content (AvgIpc) is 2.88. The van der Waals surface area contributed by atoms with Gasteiger partial charge in [0.15, 0.2) is 0 Å². The van der Waals surface area contributed by atoms with Gasteiger partial charge in [-0.15, -0.1) is 24.8 Å². The van der Waals surface area contributed by atoms with Gasteiger partial charge in [0.25, 0.3) is 0 Å². The Kier molecular flexibility index (Phi) is 9.29. The first-order valence-electron chi connectivity index (χ1n) is 8.27. The molecule has 2 N–H and O–H groups in total. The van der Waals surface area contributed by atoms with E-state index in [1.54, 1.807) is 0 Å². The SMILES string of the molecule is Cc1nsc(N2CCCN(C(=O)C(N)Cc3ccccc3)CC2)n1.Cl.Cl. The molecule has 0 bridgehead atoms. The predicted molar refractivity (Wildman–Crippen MR) is 111 cm³/mol. The molecule has 26 heavy (non-hydrogen) atoms. The van der Waals surface area contributed by atoms with E-state index in [1.807, 2.05) is 42.2 Å². The summed E-state index contributed by atoms with van der Waals surface area (Å²) in [5.74, 6) is 0.839. The Morgan fingerprint density at radius 1 is 1.19 bits per heavy atom. The van der Waals surface area contributed by atoms with Crippen molar-refractivity contribution in [2.75, 3.05) is 31.1 Å². The van der Waals surface area contributed by atoms with Crippen LogP contribution in [0, 0.1) is 6.92 Å². The number of amides is 1. The van der Waals surface area contributed by atoms with Crippen molar-refractivity contribution >= 4 is 47.4 Å². The second-order valence-corrected chi connectivity index (χ2v) is 6.82. The van der Waals surface area contributed by atoms with Crippen LogP contribution < -0.4 is 10.6 Å². The second kappa shape index (κ2) is 10.7. The molecule has 1 saturated heterocycles. The maximum atomic E-state index is 12.7. The number of carbonyl (C=O) groups is 1. The fourth-order valence-corrected chi connectivity index (χ4v) is 3.66. The number of benzene rings is 1. The lowest BCUT2D eigenvalue weighted by atomic mass is 10.1. The summed E-state index contributed by atoms with van der Waals surface area (Å²) in [6, 6.07) is 9.45. The molecular formula is C17H25Cl2N5OS. The third-order valence-electron chi connectivity index (χ3n) is 4.21. The molecule has 1 unspecified atom stereocenters. The highest BCUT2D eigenvalue weighted by molar-refractivity contribution is 7.09. The van der Waals surface area contributed by atoms with Crippen molar-refractivity contribution in [1.29, 1.82) is 0 Å². The lowest BCUT2D eigenvalue weighted by Crippen LogP contribution is -2.46. The number of nitrogens with zero attached hydrogens (tertiary/aromatic N) is 4. The summed E-state index contributed by atoms with van der Waals surface area (Å²) < 4.78 is 4.24. The minimum atomic E-state index is -0.484. The van der Waals surface area contributed by atoms with Gasteiger partial charge in [-0.1, -0.05) is 30.3 Å². The number of halogens is 2. The summed E-state index contributed by atoms with van der Waals surface area (Å²) >= 11 is 1.42. The third kappa shape index (κ3) is 5.81. The molecule has 1 aromatic carbocycles. The average molecular weight is 418 g/mol. The summed E-state index contributed by atoms with van der Waals surface area (Å²) in [5, 5.41) is 0.940. The van der Waals surface area contributed by atoms with E-state index in [0.29, 0.717) is 13.0 Å². The molecule has 3 rings (SSSR count). The zero-order valence-electron chi connectivity index (χ0n) is 14.7. The topological polar surface area (TPSA) is 75.4 Å². The molecular weight excluding hydrogens is 393 g/mol. The van der Waals surface area contributed by atoms with Crippen LogP contribution >= 0.6 is 36.3 Å². The number of hydrogen-bond acceptors (Lipinski definition) is 6. The summed E-state index contributed by atoms with van der Waals surface area (Å²) in [6.07, 6.45) is 1.50. The largest absolute Gasteiger partial charge is 0.345 e. The molecule has 1 aliphatic rings. The minimum absolute atomic E-state index is 0. The molecule has 0 spiro atoms. The maximum absolute atomic E-state index is 12.7. The summed E-state index contributed by atoms with van der Waals surface area (Å²) in [6.45, 7) is 5.00. The van der Waals surface area contributed by atoms with Gasteiger partial charge in [0.2, 0.25) is 11.0 Å². The van der Waals surface area contributed by atoms with Crippen LogP contribution in [0.25, 0.3) is 0 Å². The smallest absolute Gasteiger partial charge is 0.239 e. The van der Waals surface area contributed by atoms with Crippen LogP contribution in [0.1, 0.15) is 17.8 Å². The lowest BCUT2D eigenvalue weighted by molar-refractivity contribution is -0.132. The van der Waals surface area contributed by atoms with Crippen molar-refractivity contribution in [1.82, 2.24) is 14.3 Å². The number of hydrogen-bond donors (Lipinski definition) is 1. The van der Waals surface area contributed by atoms with Crippen LogP contribution in [0.15, 0.2) is 30.3 Å². The van der Waals surface area contributed by atoms with Crippen molar-refractivity contribution < 1.29 is 4.79 Å². The molecule has 6 nitrogen and oxygen atoms in total. The third-order valence-corrected chi connectivity index (χ3v) is 5.08. The van der Waals surface area contributed by atoms with E-state index < -0.39 is 6.04 Å². The molecule has 1 atom stereocenters. The van der Waals surface area contributed by atoms with Gasteiger partial charge in [0, 0.05) is 37.7 Å². The van der Waals surface area contributed by atoms with Crippen molar-refractivity contribution in [2.45, 2.75) is 25.8 Å². The minimum Gasteiger partial charge on any atom is -0.345 e. The number of anilines is 1. The molecule has 2 aromatic rings. The first-order chi connectivity index (χ1) is 11.6. The monoisotopic (exact) mass is 417 g/mol. The van der Waals surface area contributed by atoms with Crippen LogP contribution in [0.4, 0.5) is 5.13 Å². The first-order valence-corrected chi connectivity index (χ1v) is 9.04. The molecule has 9 heteroatoms. The predicted octanol–water partition coefficient (Wildman–Crippen LogP) is 2.30. The second-order valence-electron chi connectivity index (χ2n) is 6.09. The van der Waals surface area contributed by atoms with E-state index in [0.717, 1.165) is 42.6 Å². The molecule has 0 saturated carbocycles. The fourth-order valence-electron chi connectivity index (χ4n) is 2.93. The van der Waals surface area contributed by atoms with E-state index in [2.05, 4.69) is 14.3 Å². The van der Waals surface area contributed by atoms with Crippen LogP contribution in [-0.2, 0) is 11.2 Å². The Labute approximate surface area is 170 Å². The van der Waals surface area contributed by atoms with Crippen molar-refractivity contribution in [3.05, 3.63) is 41.7 Å². The summed E-state index contributed by atoms with van der Waals surface area (Å²) in [7, 11) is 0. The fraction of sp³-hybridized carbons (Fsp3) is 0.471. The molecule has 144 valence electrons. The highest BCUT2D eigenvalue weighted by Crippen LogP contribution is 2.19. The molecule has 2 heterocycles. The quantitative estimate of drug-likeness (QED) is 0.825. The lowest BCUT2D eigenvalue weighted by Gasteiger charge is -2.24. The highest BCUT2D eigenvalue weighted by Gasteiger charge is 2.24. The van der Waals surface area contributed by atoms with Crippen molar-refractivity contribution in [2.24, 2.45) is 5.73 Å². The van der Waals surface area contributed by atoms with Crippen LogP contribution in [0.2, 0.25) is 0 Å². The van der Waals surface area contributed by atoms with E-state index in [9.17, 15) is 4.79 Å². The Morgan fingerprint density at radius 3 is 2.58 bits per heavy atom. The molecule has 0 radical (unpaired) electrons. The summed E-state index contributed by atoms with van der Waals surface area (Å²) in [5.41, 5.74) is 7.25. The van der Waals surface area contributed by atoms with Gasteiger partial charge in [-0.3, -0.25) is 4.79 Å². The van der Waals surface area contributed by atoms with Crippen molar-refractivity contribution in [3.63, 3.8) is 0 Å². The number of nitrogens with two attached hydrogens (primary N) is 1. The van der Waals surface area contributed by atoms with E-state index >= 15 is 0 Å². The van der Waals surface area contributed by atoms with Gasteiger partial charge >= 0.3 is 0 Å². The van der Waals surface area contributed by atoms with Crippen LogP contribution in [0.5, 0.6) is 0 Å². The van der Waals surface area contributed by atoms with Gasteiger partial charge < -0.3 is 15.5 Å². The van der Waals surface area contributed by atoms with Gasteiger partial charge in [-0.05, 0) is 25.3 Å². The number of aromatic nitrogens is 2. The molecule has 1 aromatic heterocycles. The van der Waals surface area contributed by atoms with E-state index in [4.69, 9.17) is 5.73 Å². The molecule has 1 aliphatic heterocycles.